The van der Waals surface area contributed by atoms with Crippen LogP contribution in [0.2, 0.25) is 0 Å². The van der Waals surface area contributed by atoms with Gasteiger partial charge in [0.05, 0.1) is 6.61 Å². The Morgan fingerprint density at radius 3 is 2.53 bits per heavy atom. The van der Waals surface area contributed by atoms with E-state index in [1.807, 2.05) is 13.8 Å². The number of rotatable bonds is 8. The minimum atomic E-state index is -0.542. The highest BCUT2D eigenvalue weighted by atomic mass is 16.5. The number of hydrogen-bond donors (Lipinski definition) is 1. The van der Waals surface area contributed by atoms with Crippen LogP contribution in [0.3, 0.4) is 0 Å². The van der Waals surface area contributed by atoms with Crippen molar-refractivity contribution in [1.29, 1.82) is 0 Å². The van der Waals surface area contributed by atoms with Crippen molar-refractivity contribution in [3.8, 4) is 0 Å². The second-order valence-corrected chi connectivity index (χ2v) is 6.42. The molecule has 2 fully saturated rings. The van der Waals surface area contributed by atoms with Crippen molar-refractivity contribution in [3.63, 3.8) is 0 Å². The summed E-state index contributed by atoms with van der Waals surface area (Å²) in [6.07, 6.45) is 5.78. The minimum Gasteiger partial charge on any atom is -0.465 e. The van der Waals surface area contributed by atoms with Gasteiger partial charge in [0, 0.05) is 18.1 Å². The molecule has 4 nitrogen and oxygen atoms in total. The lowest BCUT2D eigenvalue weighted by Gasteiger charge is -2.35. The summed E-state index contributed by atoms with van der Waals surface area (Å²) in [5.74, 6) is -0.0991. The molecule has 4 heteroatoms. The Morgan fingerprint density at radius 1 is 1.42 bits per heavy atom. The maximum atomic E-state index is 12.3. The molecule has 0 aromatic rings. The van der Waals surface area contributed by atoms with Gasteiger partial charge in [0.15, 0.2) is 0 Å². The number of esters is 1. The van der Waals surface area contributed by atoms with Crippen molar-refractivity contribution in [2.45, 2.75) is 76.5 Å². The van der Waals surface area contributed by atoms with E-state index in [1.54, 1.807) is 0 Å². The van der Waals surface area contributed by atoms with Gasteiger partial charge in [0.2, 0.25) is 0 Å². The molecule has 2 aliphatic rings. The highest BCUT2D eigenvalue weighted by Gasteiger charge is 2.42. The van der Waals surface area contributed by atoms with Gasteiger partial charge in [-0.1, -0.05) is 0 Å². The molecule has 19 heavy (non-hydrogen) atoms. The summed E-state index contributed by atoms with van der Waals surface area (Å²) in [7, 11) is 2.17. The van der Waals surface area contributed by atoms with E-state index in [2.05, 4.69) is 24.2 Å². The SMILES string of the molecule is CCOC(=O)C(C)(CC(C)N(C)C1CC1)NC1CC1. The van der Waals surface area contributed by atoms with Crippen molar-refractivity contribution >= 4 is 5.97 Å². The smallest absolute Gasteiger partial charge is 0.326 e. The van der Waals surface area contributed by atoms with Crippen LogP contribution in [0, 0.1) is 0 Å². The first-order chi connectivity index (χ1) is 8.96. The number of carbonyl (C=O) groups excluding carboxylic acids is 1. The molecule has 110 valence electrons. The van der Waals surface area contributed by atoms with Gasteiger partial charge in [-0.3, -0.25) is 10.1 Å². The first kappa shape index (κ1) is 14.8. The summed E-state index contributed by atoms with van der Waals surface area (Å²) in [4.78, 5) is 14.7. The van der Waals surface area contributed by atoms with Gasteiger partial charge in [-0.15, -0.1) is 0 Å². The standard InChI is InChI=1S/C15H28N2O2/c1-5-19-14(18)15(3,16-12-6-7-12)10-11(2)17(4)13-8-9-13/h11-13,16H,5-10H2,1-4H3. The first-order valence-electron chi connectivity index (χ1n) is 7.63. The van der Waals surface area contributed by atoms with Crippen LogP contribution in [-0.4, -0.2) is 48.2 Å². The predicted octanol–water partition coefficient (Wildman–Crippen LogP) is 1.93. The molecule has 0 bridgehead atoms. The summed E-state index contributed by atoms with van der Waals surface area (Å²) in [6.45, 7) is 6.54. The summed E-state index contributed by atoms with van der Waals surface area (Å²) in [5.41, 5.74) is -0.542. The Hall–Kier alpha value is -0.610. The van der Waals surface area contributed by atoms with Crippen LogP contribution < -0.4 is 5.32 Å². The number of ether oxygens (including phenoxy) is 1. The third kappa shape index (κ3) is 3.93. The molecule has 0 amide bonds. The predicted molar refractivity (Wildman–Crippen MR) is 76.1 cm³/mol. The molecule has 2 rings (SSSR count). The summed E-state index contributed by atoms with van der Waals surface area (Å²) in [6, 6.07) is 1.63. The number of carbonyl (C=O) groups is 1. The molecule has 0 radical (unpaired) electrons. The summed E-state index contributed by atoms with van der Waals surface area (Å²) in [5, 5.41) is 3.50. The zero-order chi connectivity index (χ0) is 14.0. The molecule has 0 aliphatic heterocycles. The molecule has 2 saturated carbocycles. The molecule has 2 atom stereocenters. The average molecular weight is 268 g/mol. The van der Waals surface area contributed by atoms with E-state index in [-0.39, 0.29) is 5.97 Å². The molecular formula is C15H28N2O2. The van der Waals surface area contributed by atoms with E-state index in [4.69, 9.17) is 4.74 Å². The third-order valence-electron chi connectivity index (χ3n) is 4.35. The van der Waals surface area contributed by atoms with Crippen molar-refractivity contribution in [1.82, 2.24) is 10.2 Å². The Labute approximate surface area is 116 Å². The Bertz CT molecular complexity index is 326. The van der Waals surface area contributed by atoms with Crippen LogP contribution in [0.1, 0.15) is 52.9 Å². The molecule has 0 aromatic heterocycles. The first-order valence-corrected chi connectivity index (χ1v) is 7.63. The van der Waals surface area contributed by atoms with E-state index < -0.39 is 5.54 Å². The van der Waals surface area contributed by atoms with E-state index in [0.29, 0.717) is 18.7 Å². The van der Waals surface area contributed by atoms with Crippen LogP contribution in [0.15, 0.2) is 0 Å². The van der Waals surface area contributed by atoms with Gasteiger partial charge in [0.1, 0.15) is 5.54 Å². The lowest BCUT2D eigenvalue weighted by atomic mass is 9.92. The molecule has 2 aliphatic carbocycles. The fourth-order valence-corrected chi connectivity index (χ4v) is 2.75. The van der Waals surface area contributed by atoms with E-state index in [1.165, 1.54) is 25.7 Å². The van der Waals surface area contributed by atoms with E-state index >= 15 is 0 Å². The molecule has 0 saturated heterocycles. The Kier molecular flexibility index (Phi) is 4.51. The molecule has 2 unspecified atom stereocenters. The maximum absolute atomic E-state index is 12.3. The minimum absolute atomic E-state index is 0.0991. The number of nitrogens with one attached hydrogen (secondary N) is 1. The third-order valence-corrected chi connectivity index (χ3v) is 4.35. The zero-order valence-corrected chi connectivity index (χ0v) is 12.7. The van der Waals surface area contributed by atoms with Crippen LogP contribution in [0.5, 0.6) is 0 Å². The van der Waals surface area contributed by atoms with Gasteiger partial charge >= 0.3 is 5.97 Å². The Balaban J connectivity index is 1.96. The summed E-state index contributed by atoms with van der Waals surface area (Å²) >= 11 is 0. The fraction of sp³-hybridized carbons (Fsp3) is 0.933. The monoisotopic (exact) mass is 268 g/mol. The molecule has 0 aromatic carbocycles. The molecule has 0 spiro atoms. The van der Waals surface area contributed by atoms with Crippen LogP contribution in [-0.2, 0) is 9.53 Å². The van der Waals surface area contributed by atoms with Gasteiger partial charge in [-0.25, -0.2) is 0 Å². The highest BCUT2D eigenvalue weighted by molar-refractivity contribution is 5.80. The quantitative estimate of drug-likeness (QED) is 0.683. The molecule has 0 heterocycles. The van der Waals surface area contributed by atoms with Crippen LogP contribution in [0.25, 0.3) is 0 Å². The normalized spacial score (nSPS) is 24.1. The maximum Gasteiger partial charge on any atom is 0.326 e. The van der Waals surface area contributed by atoms with Crippen LogP contribution in [0.4, 0.5) is 0 Å². The van der Waals surface area contributed by atoms with Gasteiger partial charge < -0.3 is 9.64 Å². The zero-order valence-electron chi connectivity index (χ0n) is 12.7. The van der Waals surface area contributed by atoms with Crippen molar-refractivity contribution < 1.29 is 9.53 Å². The second-order valence-electron chi connectivity index (χ2n) is 6.42. The number of nitrogens with zero attached hydrogens (tertiary/aromatic N) is 1. The lowest BCUT2D eigenvalue weighted by molar-refractivity contribution is -0.151. The molecular weight excluding hydrogens is 240 g/mol. The van der Waals surface area contributed by atoms with Crippen molar-refractivity contribution in [2.24, 2.45) is 0 Å². The van der Waals surface area contributed by atoms with Crippen molar-refractivity contribution in [3.05, 3.63) is 0 Å². The lowest BCUT2D eigenvalue weighted by Crippen LogP contribution is -2.55. The largest absolute Gasteiger partial charge is 0.465 e. The summed E-state index contributed by atoms with van der Waals surface area (Å²) < 4.78 is 5.27. The Morgan fingerprint density at radius 2 is 2.05 bits per heavy atom. The van der Waals surface area contributed by atoms with E-state index in [0.717, 1.165) is 12.5 Å². The van der Waals surface area contributed by atoms with E-state index in [9.17, 15) is 4.79 Å². The fourth-order valence-electron chi connectivity index (χ4n) is 2.75. The van der Waals surface area contributed by atoms with Gasteiger partial charge in [0.25, 0.3) is 0 Å². The van der Waals surface area contributed by atoms with Gasteiger partial charge in [-0.05, 0) is 59.9 Å². The van der Waals surface area contributed by atoms with Crippen molar-refractivity contribution in [2.75, 3.05) is 13.7 Å². The second kappa shape index (κ2) is 5.80. The topological polar surface area (TPSA) is 41.6 Å². The molecule has 1 N–H and O–H groups in total. The number of hydrogen-bond acceptors (Lipinski definition) is 4. The average Bonchev–Trinajstić information content (AvgIpc) is 3.21. The van der Waals surface area contributed by atoms with Crippen LogP contribution >= 0.6 is 0 Å². The highest BCUT2D eigenvalue weighted by Crippen LogP contribution is 2.31. The van der Waals surface area contributed by atoms with Gasteiger partial charge in [-0.2, -0.15) is 0 Å².